The molecule has 1 fully saturated rings. The van der Waals surface area contributed by atoms with Crippen LogP contribution < -0.4 is 4.74 Å². The maximum atomic E-state index is 11.3. The molecule has 0 aliphatic carbocycles. The highest BCUT2D eigenvalue weighted by atomic mass is 16.6. The van der Waals surface area contributed by atoms with Gasteiger partial charge in [-0.2, -0.15) is 0 Å². The molecule has 1 heterocycles. The average Bonchev–Trinajstić information content (AvgIpc) is 2.60. The van der Waals surface area contributed by atoms with Gasteiger partial charge in [0.25, 0.3) is 0 Å². The van der Waals surface area contributed by atoms with Crippen molar-refractivity contribution in [2.45, 2.75) is 19.7 Å². The number of esters is 1. The first kappa shape index (κ1) is 18.9. The molecule has 2 rings (SSSR count). The van der Waals surface area contributed by atoms with E-state index in [2.05, 4.69) is 4.74 Å². The highest BCUT2D eigenvalue weighted by molar-refractivity contribution is 6.45. The zero-order valence-corrected chi connectivity index (χ0v) is 14.3. The van der Waals surface area contributed by atoms with E-state index in [1.54, 1.807) is 12.9 Å². The van der Waals surface area contributed by atoms with Gasteiger partial charge in [0.2, 0.25) is 0 Å². The van der Waals surface area contributed by atoms with Crippen LogP contribution in [0.3, 0.4) is 0 Å². The molecule has 0 unspecified atom stereocenters. The fourth-order valence-corrected chi connectivity index (χ4v) is 2.69. The van der Waals surface area contributed by atoms with Gasteiger partial charge in [-0.25, -0.2) is 4.79 Å². The SMILES string of the molecule is COC(=O)COc1ccc(C=C2CCCN(B(C)O)C2)cc1[N+](=O)[O-]. The van der Waals surface area contributed by atoms with Crippen LogP contribution in [0.2, 0.25) is 6.82 Å². The van der Waals surface area contributed by atoms with E-state index in [-0.39, 0.29) is 18.0 Å². The number of hydrogen-bond acceptors (Lipinski definition) is 7. The lowest BCUT2D eigenvalue weighted by Crippen LogP contribution is -2.41. The van der Waals surface area contributed by atoms with Crippen molar-refractivity contribution in [1.29, 1.82) is 0 Å². The third kappa shape index (κ3) is 5.30. The zero-order chi connectivity index (χ0) is 18.4. The van der Waals surface area contributed by atoms with Crippen molar-refractivity contribution in [3.8, 4) is 5.75 Å². The van der Waals surface area contributed by atoms with E-state index >= 15 is 0 Å². The Morgan fingerprint density at radius 3 is 2.92 bits per heavy atom. The summed E-state index contributed by atoms with van der Waals surface area (Å²) in [6.07, 6.45) is 3.71. The number of hydrogen-bond donors (Lipinski definition) is 1. The minimum Gasteiger partial charge on any atom is -0.475 e. The van der Waals surface area contributed by atoms with Gasteiger partial charge in [0.15, 0.2) is 12.4 Å². The normalized spacial score (nSPS) is 16.5. The second kappa shape index (κ2) is 8.64. The number of methoxy groups -OCH3 is 1. The Balaban J connectivity index is 2.19. The molecule has 0 spiro atoms. The molecular formula is C16H21BN2O6. The van der Waals surface area contributed by atoms with Gasteiger partial charge >= 0.3 is 18.7 Å². The standard InChI is InChI=1S/C16H21BN2O6/c1-17(21)18-7-3-4-13(10-18)8-12-5-6-15(14(9-12)19(22)23)25-11-16(20)24-2/h5-6,8-9,21H,3-4,7,10-11H2,1-2H3. The van der Waals surface area contributed by atoms with Crippen LogP contribution in [0.5, 0.6) is 5.75 Å². The van der Waals surface area contributed by atoms with E-state index in [0.717, 1.165) is 25.0 Å². The van der Waals surface area contributed by atoms with Crippen LogP contribution in [0.4, 0.5) is 5.69 Å². The summed E-state index contributed by atoms with van der Waals surface area (Å²) >= 11 is 0. The largest absolute Gasteiger partial charge is 0.475 e. The summed E-state index contributed by atoms with van der Waals surface area (Å²) in [4.78, 5) is 23.8. The summed E-state index contributed by atoms with van der Waals surface area (Å²) in [5.74, 6) is -0.590. The maximum Gasteiger partial charge on any atom is 0.376 e. The van der Waals surface area contributed by atoms with Crippen molar-refractivity contribution in [3.63, 3.8) is 0 Å². The summed E-state index contributed by atoms with van der Waals surface area (Å²) in [6.45, 7) is 2.80. The van der Waals surface area contributed by atoms with Gasteiger partial charge in [-0.1, -0.05) is 17.7 Å². The average molecular weight is 348 g/mol. The fraction of sp³-hybridized carbons (Fsp3) is 0.438. The molecule has 1 N–H and O–H groups in total. The molecule has 25 heavy (non-hydrogen) atoms. The van der Waals surface area contributed by atoms with E-state index in [4.69, 9.17) is 4.74 Å². The number of carbonyl (C=O) groups excluding carboxylic acids is 1. The molecule has 1 aromatic rings. The second-order valence-corrected chi connectivity index (χ2v) is 5.86. The van der Waals surface area contributed by atoms with E-state index in [1.807, 2.05) is 10.9 Å². The quantitative estimate of drug-likeness (QED) is 0.361. The monoisotopic (exact) mass is 348 g/mol. The molecular weight excluding hydrogens is 327 g/mol. The molecule has 0 saturated carbocycles. The number of ether oxygens (including phenoxy) is 2. The van der Waals surface area contributed by atoms with Gasteiger partial charge in [0, 0.05) is 12.6 Å². The van der Waals surface area contributed by atoms with Crippen molar-refractivity contribution in [2.24, 2.45) is 0 Å². The predicted octanol–water partition coefficient (Wildman–Crippen LogP) is 1.74. The van der Waals surface area contributed by atoms with Crippen LogP contribution in [0, 0.1) is 10.1 Å². The molecule has 1 aliphatic rings. The Kier molecular flexibility index (Phi) is 6.54. The van der Waals surface area contributed by atoms with Crippen LogP contribution in [-0.2, 0) is 9.53 Å². The maximum absolute atomic E-state index is 11.3. The van der Waals surface area contributed by atoms with E-state index in [9.17, 15) is 19.9 Å². The number of nitro groups is 1. The van der Waals surface area contributed by atoms with Crippen LogP contribution in [0.1, 0.15) is 18.4 Å². The number of carbonyl (C=O) groups is 1. The van der Waals surface area contributed by atoms with Crippen molar-refractivity contribution in [3.05, 3.63) is 39.4 Å². The van der Waals surface area contributed by atoms with Gasteiger partial charge in [0.1, 0.15) is 0 Å². The molecule has 0 amide bonds. The number of rotatable bonds is 6. The summed E-state index contributed by atoms with van der Waals surface area (Å²) in [6, 6.07) is 4.59. The predicted molar refractivity (Wildman–Crippen MR) is 93.2 cm³/mol. The van der Waals surface area contributed by atoms with Crippen LogP contribution in [0.25, 0.3) is 6.08 Å². The molecule has 1 saturated heterocycles. The van der Waals surface area contributed by atoms with Gasteiger partial charge in [-0.15, -0.1) is 0 Å². The Morgan fingerprint density at radius 1 is 1.52 bits per heavy atom. The molecule has 134 valence electrons. The smallest absolute Gasteiger partial charge is 0.376 e. The van der Waals surface area contributed by atoms with Crippen molar-refractivity contribution >= 4 is 24.8 Å². The third-order valence-electron chi connectivity index (χ3n) is 4.00. The molecule has 1 aliphatic heterocycles. The lowest BCUT2D eigenvalue weighted by Gasteiger charge is -2.29. The lowest BCUT2D eigenvalue weighted by atomic mass is 9.82. The van der Waals surface area contributed by atoms with Crippen LogP contribution in [0.15, 0.2) is 23.8 Å². The van der Waals surface area contributed by atoms with Crippen molar-refractivity contribution in [2.75, 3.05) is 26.8 Å². The third-order valence-corrected chi connectivity index (χ3v) is 4.00. The second-order valence-electron chi connectivity index (χ2n) is 5.86. The molecule has 0 radical (unpaired) electrons. The minimum absolute atomic E-state index is 0.0202. The van der Waals surface area contributed by atoms with E-state index < -0.39 is 17.9 Å². The van der Waals surface area contributed by atoms with E-state index in [1.165, 1.54) is 19.2 Å². The van der Waals surface area contributed by atoms with Crippen LogP contribution in [-0.4, -0.2) is 54.6 Å². The Bertz CT molecular complexity index is 677. The molecule has 8 nitrogen and oxygen atoms in total. The Hall–Kier alpha value is -2.39. The van der Waals surface area contributed by atoms with Crippen molar-refractivity contribution in [1.82, 2.24) is 4.81 Å². The first-order valence-electron chi connectivity index (χ1n) is 8.00. The minimum atomic E-state index is -0.610. The fourth-order valence-electron chi connectivity index (χ4n) is 2.69. The van der Waals surface area contributed by atoms with Crippen molar-refractivity contribution < 1.29 is 24.2 Å². The van der Waals surface area contributed by atoms with Crippen LogP contribution >= 0.6 is 0 Å². The summed E-state index contributed by atoms with van der Waals surface area (Å²) in [5, 5.41) is 21.0. The first-order valence-corrected chi connectivity index (χ1v) is 8.00. The van der Waals surface area contributed by atoms with Gasteiger partial charge < -0.3 is 19.3 Å². The van der Waals surface area contributed by atoms with Gasteiger partial charge in [-0.3, -0.25) is 10.1 Å². The topological polar surface area (TPSA) is 102 Å². The molecule has 0 atom stereocenters. The number of piperidine rings is 1. The van der Waals surface area contributed by atoms with E-state index in [0.29, 0.717) is 12.1 Å². The first-order chi connectivity index (χ1) is 11.9. The molecule has 9 heteroatoms. The number of benzene rings is 1. The summed E-state index contributed by atoms with van der Waals surface area (Å²) < 4.78 is 9.62. The Labute approximate surface area is 146 Å². The highest BCUT2D eigenvalue weighted by Crippen LogP contribution is 2.29. The zero-order valence-electron chi connectivity index (χ0n) is 14.3. The molecule has 0 bridgehead atoms. The lowest BCUT2D eigenvalue weighted by molar-refractivity contribution is -0.385. The molecule has 0 aromatic heterocycles. The number of nitro benzene ring substituents is 1. The summed E-state index contributed by atoms with van der Waals surface area (Å²) in [5.41, 5.74) is 1.57. The van der Waals surface area contributed by atoms with Gasteiger partial charge in [0.05, 0.1) is 12.0 Å². The molecule has 1 aromatic carbocycles. The summed E-state index contributed by atoms with van der Waals surface area (Å²) in [7, 11) is 0.697. The number of nitrogens with zero attached hydrogens (tertiary/aromatic N) is 2. The van der Waals surface area contributed by atoms with Gasteiger partial charge in [-0.05, 0) is 37.8 Å². The Morgan fingerprint density at radius 2 is 2.28 bits per heavy atom. The highest BCUT2D eigenvalue weighted by Gasteiger charge is 2.21.